The van der Waals surface area contributed by atoms with Crippen LogP contribution in [0.25, 0.3) is 0 Å². The molecule has 0 aliphatic heterocycles. The molecule has 1 aliphatic carbocycles. The van der Waals surface area contributed by atoms with Crippen LogP contribution in [0.2, 0.25) is 0 Å². The van der Waals surface area contributed by atoms with E-state index in [9.17, 15) is 22.8 Å². The number of anilines is 1. The predicted molar refractivity (Wildman–Crippen MR) is 124 cm³/mol. The standard InChI is InChI=1S/C22H22F3IN2O2S/c1-2-27-21(29)12-3-6-15(7-4-12)31-19-9-13(5-8-18(19)26)22(30)28-14-10-16(23)20(25)17(24)11-14/h5,8-12,15H,2-4,6-7H2,1H3,(H,27,29)(H,28,30). The van der Waals surface area contributed by atoms with E-state index in [2.05, 4.69) is 33.2 Å². The highest BCUT2D eigenvalue weighted by atomic mass is 127. The zero-order valence-corrected chi connectivity index (χ0v) is 19.8. The van der Waals surface area contributed by atoms with Crippen molar-refractivity contribution in [2.24, 2.45) is 5.92 Å². The second kappa shape index (κ2) is 10.7. The average Bonchev–Trinajstić information content (AvgIpc) is 2.74. The minimum Gasteiger partial charge on any atom is -0.356 e. The van der Waals surface area contributed by atoms with Gasteiger partial charge in [-0.15, -0.1) is 11.8 Å². The summed E-state index contributed by atoms with van der Waals surface area (Å²) in [7, 11) is 0. The lowest BCUT2D eigenvalue weighted by Gasteiger charge is -2.27. The summed E-state index contributed by atoms with van der Waals surface area (Å²) in [5.41, 5.74) is 0.182. The van der Waals surface area contributed by atoms with Crippen molar-refractivity contribution in [3.8, 4) is 0 Å². The second-order valence-corrected chi connectivity index (χ2v) is 9.84. The van der Waals surface area contributed by atoms with Crippen molar-refractivity contribution >= 4 is 51.9 Å². The van der Waals surface area contributed by atoms with Gasteiger partial charge in [0.1, 0.15) is 0 Å². The van der Waals surface area contributed by atoms with Crippen molar-refractivity contribution in [1.29, 1.82) is 0 Å². The van der Waals surface area contributed by atoms with E-state index < -0.39 is 23.4 Å². The van der Waals surface area contributed by atoms with Gasteiger partial charge in [0, 0.05) is 49.6 Å². The Morgan fingerprint density at radius 1 is 1.06 bits per heavy atom. The van der Waals surface area contributed by atoms with Crippen molar-refractivity contribution in [2.45, 2.75) is 42.8 Å². The van der Waals surface area contributed by atoms with Crippen LogP contribution < -0.4 is 10.6 Å². The molecule has 2 N–H and O–H groups in total. The summed E-state index contributed by atoms with van der Waals surface area (Å²) in [4.78, 5) is 25.5. The fraction of sp³-hybridized carbons (Fsp3) is 0.364. The molecule has 2 aromatic rings. The van der Waals surface area contributed by atoms with Gasteiger partial charge in [-0.1, -0.05) is 0 Å². The third-order valence-corrected chi connectivity index (χ3v) is 7.83. The van der Waals surface area contributed by atoms with Crippen molar-refractivity contribution in [1.82, 2.24) is 5.32 Å². The Morgan fingerprint density at radius 2 is 1.71 bits per heavy atom. The number of carbonyl (C=O) groups is 2. The van der Waals surface area contributed by atoms with Crippen LogP contribution in [0.5, 0.6) is 0 Å². The fourth-order valence-corrected chi connectivity index (χ4v) is 5.47. The number of hydrogen-bond acceptors (Lipinski definition) is 3. The summed E-state index contributed by atoms with van der Waals surface area (Å²) >= 11 is 3.87. The van der Waals surface area contributed by atoms with Gasteiger partial charge in [0.25, 0.3) is 5.91 Å². The molecule has 0 saturated heterocycles. The Morgan fingerprint density at radius 3 is 2.32 bits per heavy atom. The summed E-state index contributed by atoms with van der Waals surface area (Å²) in [5.74, 6) is -4.66. The maximum Gasteiger partial charge on any atom is 0.255 e. The van der Waals surface area contributed by atoms with Crippen molar-refractivity contribution in [3.05, 3.63) is 56.9 Å². The Balaban J connectivity index is 1.65. The summed E-state index contributed by atoms with van der Waals surface area (Å²) < 4.78 is 40.9. The van der Waals surface area contributed by atoms with Crippen LogP contribution in [0.15, 0.2) is 35.2 Å². The zero-order valence-electron chi connectivity index (χ0n) is 16.8. The minimum atomic E-state index is -1.58. The third-order valence-electron chi connectivity index (χ3n) is 5.12. The molecule has 1 fully saturated rings. The van der Waals surface area contributed by atoms with E-state index in [1.165, 1.54) is 0 Å². The number of rotatable bonds is 6. The van der Waals surface area contributed by atoms with Gasteiger partial charge in [-0.3, -0.25) is 9.59 Å². The molecule has 0 bridgehead atoms. The topological polar surface area (TPSA) is 58.2 Å². The molecule has 0 aromatic heterocycles. The molecule has 0 atom stereocenters. The number of benzene rings is 2. The first kappa shape index (κ1) is 23.9. The third kappa shape index (κ3) is 6.15. The van der Waals surface area contributed by atoms with E-state index in [-0.39, 0.29) is 17.5 Å². The lowest BCUT2D eigenvalue weighted by molar-refractivity contribution is -0.125. The Labute approximate surface area is 196 Å². The summed E-state index contributed by atoms with van der Waals surface area (Å²) in [5, 5.41) is 5.63. The maximum atomic E-state index is 13.4. The largest absolute Gasteiger partial charge is 0.356 e. The highest BCUT2D eigenvalue weighted by Gasteiger charge is 2.27. The van der Waals surface area contributed by atoms with E-state index in [0.717, 1.165) is 46.3 Å². The number of carbonyl (C=O) groups excluding carboxylic acids is 2. The number of thioether (sulfide) groups is 1. The molecule has 0 unspecified atom stereocenters. The van der Waals surface area contributed by atoms with E-state index in [4.69, 9.17) is 0 Å². The first-order valence-electron chi connectivity index (χ1n) is 9.98. The Kier molecular flexibility index (Phi) is 8.26. The van der Waals surface area contributed by atoms with Gasteiger partial charge in [0.2, 0.25) is 5.91 Å². The van der Waals surface area contributed by atoms with Crippen LogP contribution in [-0.2, 0) is 4.79 Å². The quantitative estimate of drug-likeness (QED) is 0.349. The molecule has 0 spiro atoms. The molecule has 2 amide bonds. The molecule has 1 aliphatic rings. The summed E-state index contributed by atoms with van der Waals surface area (Å²) in [6, 6.07) is 6.67. The highest BCUT2D eigenvalue weighted by molar-refractivity contribution is 14.1. The molecular weight excluding hydrogens is 540 g/mol. The fourth-order valence-electron chi connectivity index (χ4n) is 3.51. The van der Waals surface area contributed by atoms with E-state index in [0.29, 0.717) is 17.4 Å². The zero-order chi connectivity index (χ0) is 22.5. The van der Waals surface area contributed by atoms with Crippen LogP contribution in [0.3, 0.4) is 0 Å². The van der Waals surface area contributed by atoms with Gasteiger partial charge in [-0.05, 0) is 73.4 Å². The van der Waals surface area contributed by atoms with Crippen molar-refractivity contribution < 1.29 is 22.8 Å². The van der Waals surface area contributed by atoms with Crippen molar-refractivity contribution in [2.75, 3.05) is 11.9 Å². The van der Waals surface area contributed by atoms with Gasteiger partial charge in [0.15, 0.2) is 17.5 Å². The van der Waals surface area contributed by atoms with Gasteiger partial charge in [-0.25, -0.2) is 13.2 Å². The predicted octanol–water partition coefficient (Wildman–Crippen LogP) is 5.75. The molecule has 2 aromatic carbocycles. The molecule has 9 heteroatoms. The van der Waals surface area contributed by atoms with Crippen LogP contribution in [0.4, 0.5) is 18.9 Å². The van der Waals surface area contributed by atoms with Crippen LogP contribution in [0.1, 0.15) is 43.0 Å². The van der Waals surface area contributed by atoms with E-state index in [1.54, 1.807) is 23.9 Å². The summed E-state index contributed by atoms with van der Waals surface area (Å²) in [6.07, 6.45) is 3.49. The Hall–Kier alpha value is -1.75. The van der Waals surface area contributed by atoms with E-state index in [1.807, 2.05) is 13.0 Å². The highest BCUT2D eigenvalue weighted by Crippen LogP contribution is 2.38. The lowest BCUT2D eigenvalue weighted by atomic mass is 9.88. The minimum absolute atomic E-state index is 0.0597. The number of amides is 2. The van der Waals surface area contributed by atoms with Crippen LogP contribution in [0, 0.1) is 26.9 Å². The molecule has 0 radical (unpaired) electrons. The summed E-state index contributed by atoms with van der Waals surface area (Å²) in [6.45, 7) is 2.55. The van der Waals surface area contributed by atoms with Gasteiger partial charge < -0.3 is 10.6 Å². The number of hydrogen-bond donors (Lipinski definition) is 2. The lowest BCUT2D eigenvalue weighted by Crippen LogP contribution is -2.33. The van der Waals surface area contributed by atoms with Gasteiger partial charge >= 0.3 is 0 Å². The van der Waals surface area contributed by atoms with Gasteiger partial charge in [-0.2, -0.15) is 0 Å². The molecule has 166 valence electrons. The smallest absolute Gasteiger partial charge is 0.255 e. The maximum absolute atomic E-state index is 13.4. The SMILES string of the molecule is CCNC(=O)C1CCC(Sc2cc(C(=O)Nc3cc(F)c(F)c(F)c3)ccc2I)CC1. The Bertz CT molecular complexity index is 958. The first-order valence-corrected chi connectivity index (χ1v) is 11.9. The number of halogens is 4. The molecule has 1 saturated carbocycles. The average molecular weight is 562 g/mol. The molecule has 31 heavy (non-hydrogen) atoms. The normalized spacial score (nSPS) is 18.5. The first-order chi connectivity index (χ1) is 14.8. The monoisotopic (exact) mass is 562 g/mol. The van der Waals surface area contributed by atoms with Gasteiger partial charge in [0.05, 0.1) is 0 Å². The van der Waals surface area contributed by atoms with Crippen molar-refractivity contribution in [3.63, 3.8) is 0 Å². The molecular formula is C22H22F3IN2O2S. The second-order valence-electron chi connectivity index (χ2n) is 7.34. The number of nitrogens with one attached hydrogen (secondary N) is 2. The molecule has 3 rings (SSSR count). The molecule has 0 heterocycles. The molecule has 4 nitrogen and oxygen atoms in total. The van der Waals surface area contributed by atoms with Crippen LogP contribution in [-0.4, -0.2) is 23.6 Å². The van der Waals surface area contributed by atoms with Crippen LogP contribution >= 0.6 is 34.4 Å². The van der Waals surface area contributed by atoms with E-state index >= 15 is 0 Å².